The number of nitrogens with zero attached hydrogens (tertiary/aromatic N) is 2. The van der Waals surface area contributed by atoms with E-state index < -0.39 is 23.5 Å². The van der Waals surface area contributed by atoms with Gasteiger partial charge in [-0.05, 0) is 71.5 Å². The van der Waals surface area contributed by atoms with Gasteiger partial charge in [0, 0.05) is 27.9 Å². The van der Waals surface area contributed by atoms with E-state index >= 15 is 0 Å². The van der Waals surface area contributed by atoms with Gasteiger partial charge in [0.1, 0.15) is 5.82 Å². The lowest BCUT2D eigenvalue weighted by Gasteiger charge is -2.14. The number of fused-ring (bicyclic) bond motifs is 1. The zero-order valence-corrected chi connectivity index (χ0v) is 19.9. The minimum absolute atomic E-state index is 0.0870. The Morgan fingerprint density at radius 1 is 1.15 bits per heavy atom. The van der Waals surface area contributed by atoms with Crippen LogP contribution in [0.3, 0.4) is 0 Å². The van der Waals surface area contributed by atoms with Gasteiger partial charge in [0.05, 0.1) is 29.1 Å². The lowest BCUT2D eigenvalue weighted by Crippen LogP contribution is -2.15. The number of carbonyl (C=O) groups is 1. The van der Waals surface area contributed by atoms with E-state index in [1.165, 1.54) is 30.6 Å². The van der Waals surface area contributed by atoms with Crippen molar-refractivity contribution in [3.8, 4) is 0 Å². The SMILES string of the molecule is CCOC(=O)c1c(Nc2ccc(I)cc2F)c2cnccc2n1Cc1ccc(C(F)(F)F)cc1. The van der Waals surface area contributed by atoms with Crippen molar-refractivity contribution < 1.29 is 27.1 Å². The summed E-state index contributed by atoms with van der Waals surface area (Å²) in [7, 11) is 0. The fourth-order valence-electron chi connectivity index (χ4n) is 3.61. The number of hydrogen-bond acceptors (Lipinski definition) is 4. The number of carbonyl (C=O) groups excluding carboxylic acids is 1. The van der Waals surface area contributed by atoms with Gasteiger partial charge >= 0.3 is 12.1 Å². The van der Waals surface area contributed by atoms with Crippen molar-refractivity contribution in [2.75, 3.05) is 11.9 Å². The Morgan fingerprint density at radius 3 is 2.53 bits per heavy atom. The highest BCUT2D eigenvalue weighted by atomic mass is 127. The van der Waals surface area contributed by atoms with E-state index in [-0.39, 0.29) is 24.5 Å². The molecule has 0 spiro atoms. The van der Waals surface area contributed by atoms with Crippen LogP contribution in [0.4, 0.5) is 28.9 Å². The molecule has 0 radical (unpaired) electrons. The fraction of sp³-hybridized carbons (Fsp3) is 0.167. The first-order chi connectivity index (χ1) is 16.2. The number of halogens is 5. The molecule has 0 saturated carbocycles. The van der Waals surface area contributed by atoms with E-state index in [0.29, 0.717) is 25.7 Å². The normalized spacial score (nSPS) is 11.6. The van der Waals surface area contributed by atoms with Gasteiger partial charge in [0.2, 0.25) is 0 Å². The van der Waals surface area contributed by atoms with Crippen LogP contribution < -0.4 is 5.32 Å². The third kappa shape index (κ3) is 4.86. The summed E-state index contributed by atoms with van der Waals surface area (Å²) < 4.78 is 61.1. The third-order valence-electron chi connectivity index (χ3n) is 5.15. The molecule has 176 valence electrons. The van der Waals surface area contributed by atoms with Crippen LogP contribution in [-0.2, 0) is 17.5 Å². The molecule has 0 aliphatic carbocycles. The lowest BCUT2D eigenvalue weighted by atomic mass is 10.1. The highest BCUT2D eigenvalue weighted by Gasteiger charge is 2.30. The molecule has 0 aliphatic rings. The Labute approximate surface area is 205 Å². The Hall–Kier alpha value is -3.15. The minimum atomic E-state index is -4.45. The number of aromatic nitrogens is 2. The summed E-state index contributed by atoms with van der Waals surface area (Å²) in [5.41, 5.74) is 0.935. The van der Waals surface area contributed by atoms with Crippen molar-refractivity contribution in [3.63, 3.8) is 0 Å². The van der Waals surface area contributed by atoms with Gasteiger partial charge in [0.25, 0.3) is 0 Å². The molecule has 4 rings (SSSR count). The molecule has 5 nitrogen and oxygen atoms in total. The molecule has 0 atom stereocenters. The van der Waals surface area contributed by atoms with Gasteiger partial charge in [-0.15, -0.1) is 0 Å². The van der Waals surface area contributed by atoms with Crippen molar-refractivity contribution in [3.05, 3.63) is 87.1 Å². The van der Waals surface area contributed by atoms with Crippen LogP contribution in [0.5, 0.6) is 0 Å². The number of benzene rings is 2. The maximum absolute atomic E-state index is 14.6. The Balaban J connectivity index is 1.85. The first kappa shape index (κ1) is 24.0. The molecule has 0 amide bonds. The van der Waals surface area contributed by atoms with Gasteiger partial charge in [-0.2, -0.15) is 13.2 Å². The van der Waals surface area contributed by atoms with Crippen molar-refractivity contribution in [1.29, 1.82) is 0 Å². The van der Waals surface area contributed by atoms with Gasteiger partial charge in [-0.25, -0.2) is 9.18 Å². The van der Waals surface area contributed by atoms with E-state index in [2.05, 4.69) is 10.3 Å². The molecular weight excluding hydrogens is 565 g/mol. The summed E-state index contributed by atoms with van der Waals surface area (Å²) in [6, 6.07) is 11.0. The fourth-order valence-corrected chi connectivity index (χ4v) is 4.06. The molecule has 10 heteroatoms. The number of pyridine rings is 1. The molecule has 1 N–H and O–H groups in total. The monoisotopic (exact) mass is 583 g/mol. The highest BCUT2D eigenvalue weighted by molar-refractivity contribution is 14.1. The average molecular weight is 583 g/mol. The topological polar surface area (TPSA) is 56.1 Å². The van der Waals surface area contributed by atoms with Crippen LogP contribution in [0.15, 0.2) is 60.9 Å². The van der Waals surface area contributed by atoms with Gasteiger partial charge in [0.15, 0.2) is 5.69 Å². The Kier molecular flexibility index (Phi) is 6.78. The smallest absolute Gasteiger partial charge is 0.416 e. The molecule has 0 unspecified atom stereocenters. The minimum Gasteiger partial charge on any atom is -0.461 e. The molecule has 2 aromatic carbocycles. The van der Waals surface area contributed by atoms with Crippen LogP contribution in [0.2, 0.25) is 0 Å². The summed E-state index contributed by atoms with van der Waals surface area (Å²) in [5.74, 6) is -1.16. The number of ether oxygens (including phenoxy) is 1. The maximum Gasteiger partial charge on any atom is 0.416 e. The standard InChI is InChI=1S/C24H18F4IN3O2/c1-2-34-23(33)22-21(31-19-8-7-16(29)11-18(19)25)17-12-30-10-9-20(17)32(22)13-14-3-5-15(6-4-14)24(26,27)28/h3-12,31H,2,13H2,1H3. The van der Waals surface area contributed by atoms with E-state index in [1.54, 1.807) is 29.7 Å². The van der Waals surface area contributed by atoms with E-state index in [0.717, 1.165) is 12.1 Å². The van der Waals surface area contributed by atoms with Crippen molar-refractivity contribution in [1.82, 2.24) is 9.55 Å². The second-order valence-corrected chi connectivity index (χ2v) is 8.61. The van der Waals surface area contributed by atoms with Gasteiger partial charge < -0.3 is 14.6 Å². The molecule has 2 aromatic heterocycles. The number of rotatable bonds is 6. The quantitative estimate of drug-likeness (QED) is 0.155. The van der Waals surface area contributed by atoms with E-state index in [4.69, 9.17) is 4.74 Å². The molecule has 0 aliphatic heterocycles. The molecule has 2 heterocycles. The second-order valence-electron chi connectivity index (χ2n) is 7.37. The van der Waals surface area contributed by atoms with Crippen LogP contribution in [0, 0.1) is 9.39 Å². The number of esters is 1. The number of anilines is 2. The number of nitrogens with one attached hydrogen (secondary N) is 1. The third-order valence-corrected chi connectivity index (χ3v) is 5.82. The van der Waals surface area contributed by atoms with Crippen LogP contribution in [-0.4, -0.2) is 22.1 Å². The van der Waals surface area contributed by atoms with E-state index in [1.807, 2.05) is 22.6 Å². The molecule has 4 aromatic rings. The zero-order valence-electron chi connectivity index (χ0n) is 17.8. The summed E-state index contributed by atoms with van der Waals surface area (Å²) in [5, 5.41) is 3.53. The molecule has 0 fully saturated rings. The first-order valence-electron chi connectivity index (χ1n) is 10.2. The van der Waals surface area contributed by atoms with Crippen LogP contribution >= 0.6 is 22.6 Å². The summed E-state index contributed by atoms with van der Waals surface area (Å²) in [6.07, 6.45) is -1.38. The highest BCUT2D eigenvalue weighted by Crippen LogP contribution is 2.35. The Morgan fingerprint density at radius 2 is 1.88 bits per heavy atom. The van der Waals surface area contributed by atoms with E-state index in [9.17, 15) is 22.4 Å². The molecule has 0 saturated heterocycles. The summed E-state index contributed by atoms with van der Waals surface area (Å²) in [6.45, 7) is 1.86. The van der Waals surface area contributed by atoms with Crippen molar-refractivity contribution in [2.45, 2.75) is 19.6 Å². The number of alkyl halides is 3. The average Bonchev–Trinajstić information content (AvgIpc) is 3.09. The predicted octanol–water partition coefficient (Wildman–Crippen LogP) is 6.77. The zero-order chi connectivity index (χ0) is 24.5. The Bertz CT molecular complexity index is 1350. The van der Waals surface area contributed by atoms with Crippen molar-refractivity contribution >= 4 is 50.8 Å². The van der Waals surface area contributed by atoms with Crippen LogP contribution in [0.1, 0.15) is 28.5 Å². The number of hydrogen-bond donors (Lipinski definition) is 1. The molecule has 0 bridgehead atoms. The van der Waals surface area contributed by atoms with Crippen molar-refractivity contribution in [2.24, 2.45) is 0 Å². The van der Waals surface area contributed by atoms with Crippen LogP contribution in [0.25, 0.3) is 10.9 Å². The second kappa shape index (κ2) is 9.61. The maximum atomic E-state index is 14.6. The predicted molar refractivity (Wildman–Crippen MR) is 129 cm³/mol. The molecular formula is C24H18F4IN3O2. The first-order valence-corrected chi connectivity index (χ1v) is 11.3. The summed E-state index contributed by atoms with van der Waals surface area (Å²) >= 11 is 1.99. The largest absolute Gasteiger partial charge is 0.461 e. The molecule has 34 heavy (non-hydrogen) atoms. The van der Waals surface area contributed by atoms with Gasteiger partial charge in [-0.1, -0.05) is 12.1 Å². The summed E-state index contributed by atoms with van der Waals surface area (Å²) in [4.78, 5) is 17.1. The lowest BCUT2D eigenvalue weighted by molar-refractivity contribution is -0.137. The van der Waals surface area contributed by atoms with Gasteiger partial charge in [-0.3, -0.25) is 4.98 Å².